The Bertz CT molecular complexity index is 619. The molecule has 0 saturated carbocycles. The molecule has 0 aliphatic heterocycles. The van der Waals surface area contributed by atoms with Crippen molar-refractivity contribution in [2.45, 2.75) is 33.1 Å². The fourth-order valence-corrected chi connectivity index (χ4v) is 7.93. The first-order valence-electron chi connectivity index (χ1n) is 8.00. The van der Waals surface area contributed by atoms with Crippen LogP contribution in [0.3, 0.4) is 0 Å². The van der Waals surface area contributed by atoms with Crippen molar-refractivity contribution in [3.63, 3.8) is 0 Å². The van der Waals surface area contributed by atoms with Gasteiger partial charge in [0.1, 0.15) is 0 Å². The number of alkyl halides is 3. The first kappa shape index (κ1) is 23.3. The molecule has 5 nitrogen and oxygen atoms in total. The molecule has 10 heteroatoms. The van der Waals surface area contributed by atoms with Crippen LogP contribution in [0.5, 0.6) is 0 Å². The molecule has 0 amide bonds. The molecule has 26 heavy (non-hydrogen) atoms. The van der Waals surface area contributed by atoms with Crippen molar-refractivity contribution in [3.05, 3.63) is 34.9 Å². The van der Waals surface area contributed by atoms with Gasteiger partial charge in [0.25, 0.3) is 0 Å². The number of benzene rings is 1. The summed E-state index contributed by atoms with van der Waals surface area (Å²) in [6, 6.07) is 3.25. The fraction of sp³-hybridized carbons (Fsp3) is 0.562. The predicted octanol–water partition coefficient (Wildman–Crippen LogP) is 5.71. The third-order valence-electron chi connectivity index (χ3n) is 3.38. The van der Waals surface area contributed by atoms with E-state index in [-0.39, 0.29) is 37.1 Å². The average Bonchev–Trinajstić information content (AvgIpc) is 2.54. The van der Waals surface area contributed by atoms with Gasteiger partial charge in [-0.2, -0.15) is 0 Å². The van der Waals surface area contributed by atoms with Crippen molar-refractivity contribution < 1.29 is 36.3 Å². The molecule has 0 N–H and O–H groups in total. The van der Waals surface area contributed by atoms with Crippen LogP contribution in [-0.2, 0) is 30.6 Å². The maximum absolute atomic E-state index is 13.6. The molecule has 0 unspecified atom stereocenters. The molecule has 0 spiro atoms. The molecule has 0 aliphatic rings. The normalized spacial score (nSPS) is 13.9. The van der Waals surface area contributed by atoms with E-state index in [2.05, 4.69) is 20.2 Å². The number of carbonyl (C=O) groups is 1. The Balaban J connectivity index is 3.49. The van der Waals surface area contributed by atoms with Gasteiger partial charge in [0.15, 0.2) is 0 Å². The number of esters is 1. The van der Waals surface area contributed by atoms with Gasteiger partial charge in [-0.1, -0.05) is 0 Å². The summed E-state index contributed by atoms with van der Waals surface area (Å²) in [5.74, 6) is -4.84. The number of halogens is 4. The van der Waals surface area contributed by atoms with Gasteiger partial charge in [-0.25, -0.2) is 0 Å². The van der Waals surface area contributed by atoms with Crippen molar-refractivity contribution in [2.24, 2.45) is 0 Å². The molecule has 1 aromatic rings. The topological polar surface area (TPSA) is 54.0 Å². The number of methoxy groups -OCH3 is 1. The van der Waals surface area contributed by atoms with Crippen LogP contribution < -0.4 is 0 Å². The van der Waals surface area contributed by atoms with E-state index in [0.717, 1.165) is 13.2 Å². The molecule has 0 aliphatic carbocycles. The first-order chi connectivity index (χ1) is 12.0. The van der Waals surface area contributed by atoms with E-state index < -0.39 is 23.7 Å². The molecular weight excluding hydrogens is 440 g/mol. The van der Waals surface area contributed by atoms with Crippen molar-refractivity contribution in [3.8, 4) is 0 Å². The second-order valence-corrected chi connectivity index (χ2v) is 12.3. The van der Waals surface area contributed by atoms with E-state index in [0.29, 0.717) is 0 Å². The molecular formula is C16H23BrF3O5P. The van der Waals surface area contributed by atoms with Gasteiger partial charge < -0.3 is 0 Å². The minimum absolute atomic E-state index is 0.102. The summed E-state index contributed by atoms with van der Waals surface area (Å²) in [5.41, 5.74) is -1.26. The molecule has 0 fully saturated rings. The van der Waals surface area contributed by atoms with Crippen molar-refractivity contribution >= 4 is 27.4 Å². The molecule has 0 radical (unpaired) electrons. The summed E-state index contributed by atoms with van der Waals surface area (Å²) < 4.78 is 62.4. The van der Waals surface area contributed by atoms with Gasteiger partial charge in [0.05, 0.1) is 0 Å². The first-order valence-corrected chi connectivity index (χ1v) is 12.2. The van der Waals surface area contributed by atoms with Crippen LogP contribution >= 0.6 is 21.5 Å². The monoisotopic (exact) mass is 462 g/mol. The van der Waals surface area contributed by atoms with Gasteiger partial charge in [-0.05, 0) is 0 Å². The van der Waals surface area contributed by atoms with Crippen LogP contribution in [0.25, 0.3) is 0 Å². The Labute approximate surface area is 159 Å². The van der Waals surface area contributed by atoms with E-state index in [9.17, 15) is 18.0 Å². The minimum atomic E-state index is -4.67. The van der Waals surface area contributed by atoms with Crippen LogP contribution in [0.15, 0.2) is 18.2 Å². The third kappa shape index (κ3) is 5.63. The summed E-state index contributed by atoms with van der Waals surface area (Å²) in [5, 5.41) is 0. The Morgan fingerprint density at radius 3 is 1.96 bits per heavy atom. The van der Waals surface area contributed by atoms with E-state index in [1.54, 1.807) is 20.8 Å². The van der Waals surface area contributed by atoms with E-state index in [4.69, 9.17) is 13.6 Å². The maximum atomic E-state index is 13.6. The molecule has 0 aromatic heterocycles. The molecule has 1 aromatic carbocycles. The second kappa shape index (κ2) is 8.97. The molecule has 0 bridgehead atoms. The van der Waals surface area contributed by atoms with Crippen molar-refractivity contribution in [2.75, 3.05) is 26.9 Å². The van der Waals surface area contributed by atoms with E-state index >= 15 is 0 Å². The zero-order chi connectivity index (χ0) is 20.0. The quantitative estimate of drug-likeness (QED) is 0.347. The molecule has 0 saturated heterocycles. The van der Waals surface area contributed by atoms with Crippen LogP contribution in [-0.4, -0.2) is 32.9 Å². The number of hydrogen-bond donors (Lipinski definition) is 0. The molecule has 0 heterocycles. The summed E-state index contributed by atoms with van der Waals surface area (Å²) in [6.45, 7) is 5.66. The SMILES string of the molecule is CCOP(Br)(Cc1ccc(C(=O)OC)cc1C(F)(F)F)(OCC)OCC. The average molecular weight is 463 g/mol. The van der Waals surface area contributed by atoms with Crippen LogP contribution in [0.1, 0.15) is 42.3 Å². The number of hydrogen-bond acceptors (Lipinski definition) is 5. The second-order valence-electron chi connectivity index (χ2n) is 5.21. The fourth-order valence-electron chi connectivity index (χ4n) is 2.48. The van der Waals surface area contributed by atoms with Gasteiger partial charge >= 0.3 is 159 Å². The third-order valence-corrected chi connectivity index (χ3v) is 9.07. The number of ether oxygens (including phenoxy) is 1. The molecule has 150 valence electrons. The summed E-state index contributed by atoms with van der Waals surface area (Å²) in [7, 11) is 1.10. The zero-order valence-electron chi connectivity index (χ0n) is 15.1. The van der Waals surface area contributed by atoms with Crippen LogP contribution in [0.2, 0.25) is 0 Å². The van der Waals surface area contributed by atoms with Gasteiger partial charge in [0.2, 0.25) is 0 Å². The Hall–Kier alpha value is -0.730. The Morgan fingerprint density at radius 1 is 1.08 bits per heavy atom. The molecule has 0 atom stereocenters. The summed E-state index contributed by atoms with van der Waals surface area (Å²) >= 11 is 3.38. The number of carbonyl (C=O) groups excluding carboxylic acids is 1. The molecule has 1 rings (SSSR count). The van der Waals surface area contributed by atoms with Gasteiger partial charge in [0, 0.05) is 0 Å². The zero-order valence-corrected chi connectivity index (χ0v) is 17.5. The Kier molecular flexibility index (Phi) is 8.04. The van der Waals surface area contributed by atoms with Gasteiger partial charge in [-0.15, -0.1) is 0 Å². The van der Waals surface area contributed by atoms with Crippen LogP contribution in [0, 0.1) is 0 Å². The Morgan fingerprint density at radius 2 is 1.58 bits per heavy atom. The van der Waals surface area contributed by atoms with Crippen molar-refractivity contribution in [1.29, 1.82) is 0 Å². The van der Waals surface area contributed by atoms with Gasteiger partial charge in [-0.3, -0.25) is 0 Å². The van der Waals surface area contributed by atoms with Crippen LogP contribution in [0.4, 0.5) is 13.2 Å². The summed E-state index contributed by atoms with van der Waals surface area (Å²) in [4.78, 5) is 11.6. The van der Waals surface area contributed by atoms with E-state index in [1.807, 2.05) is 0 Å². The predicted molar refractivity (Wildman–Crippen MR) is 97.2 cm³/mol. The summed E-state index contributed by atoms with van der Waals surface area (Å²) in [6.07, 6.45) is -4.94. The standard InChI is InChI=1S/C16H23BrF3O5P/c1-5-23-26(17,24-6-2,25-7-3)11-13-9-8-12(15(21)22-4)10-14(13)16(18,19)20/h8-10H,5-7,11H2,1-4H3. The number of rotatable bonds is 9. The van der Waals surface area contributed by atoms with E-state index in [1.165, 1.54) is 12.1 Å². The van der Waals surface area contributed by atoms with Crippen molar-refractivity contribution in [1.82, 2.24) is 0 Å².